The summed E-state index contributed by atoms with van der Waals surface area (Å²) in [6.45, 7) is 0.320. The van der Waals surface area contributed by atoms with Crippen molar-refractivity contribution in [2.24, 2.45) is 5.10 Å². The van der Waals surface area contributed by atoms with Crippen LogP contribution in [0.2, 0.25) is 10.0 Å². The van der Waals surface area contributed by atoms with Crippen molar-refractivity contribution in [1.82, 2.24) is 5.43 Å². The van der Waals surface area contributed by atoms with Crippen molar-refractivity contribution in [3.05, 3.63) is 97.0 Å². The lowest BCUT2D eigenvalue weighted by atomic mass is 10.2. The van der Waals surface area contributed by atoms with Gasteiger partial charge in [0, 0.05) is 24.7 Å². The number of benzene rings is 3. The van der Waals surface area contributed by atoms with Gasteiger partial charge in [-0.15, -0.1) is 0 Å². The van der Waals surface area contributed by atoms with E-state index in [0.717, 1.165) is 14.7 Å². The SMILES string of the molecule is O=C(N/N=C\c1cccc(OCc2ccc(Cl)cc2Cl)c1)c1ccc(I)cc1. The maximum absolute atomic E-state index is 12.1. The molecule has 3 aromatic rings. The number of nitrogens with one attached hydrogen (secondary N) is 1. The lowest BCUT2D eigenvalue weighted by molar-refractivity contribution is 0.0955. The van der Waals surface area contributed by atoms with Gasteiger partial charge in [-0.1, -0.05) is 41.4 Å². The minimum atomic E-state index is -0.266. The topological polar surface area (TPSA) is 50.7 Å². The maximum Gasteiger partial charge on any atom is 0.271 e. The van der Waals surface area contributed by atoms with E-state index in [-0.39, 0.29) is 5.91 Å². The van der Waals surface area contributed by atoms with Gasteiger partial charge in [-0.25, -0.2) is 5.43 Å². The van der Waals surface area contributed by atoms with Crippen LogP contribution in [0.5, 0.6) is 5.75 Å². The molecule has 1 amide bonds. The summed E-state index contributed by atoms with van der Waals surface area (Å²) in [5.41, 5.74) is 4.70. The smallest absolute Gasteiger partial charge is 0.271 e. The number of hydrogen-bond acceptors (Lipinski definition) is 3. The van der Waals surface area contributed by atoms with E-state index < -0.39 is 0 Å². The Labute approximate surface area is 186 Å². The van der Waals surface area contributed by atoms with Gasteiger partial charge in [0.25, 0.3) is 5.91 Å². The fourth-order valence-electron chi connectivity index (χ4n) is 2.32. The maximum atomic E-state index is 12.1. The Morgan fingerprint density at radius 1 is 1.07 bits per heavy atom. The van der Waals surface area contributed by atoms with E-state index in [1.807, 2.05) is 42.5 Å². The second-order valence-corrected chi connectivity index (χ2v) is 7.89. The fraction of sp³-hybridized carbons (Fsp3) is 0.0476. The normalized spacial score (nSPS) is 10.8. The van der Waals surface area contributed by atoms with Crippen LogP contribution in [0.15, 0.2) is 71.8 Å². The van der Waals surface area contributed by atoms with Crippen LogP contribution in [-0.2, 0) is 6.61 Å². The standard InChI is InChI=1S/C21H15Cl2IN2O2/c22-17-7-4-16(20(23)11-17)13-28-19-3-1-2-14(10-19)12-25-26-21(27)15-5-8-18(24)9-6-15/h1-12H,13H2,(H,26,27)/b25-12-. The van der Waals surface area contributed by atoms with Crippen molar-refractivity contribution < 1.29 is 9.53 Å². The molecule has 0 aliphatic rings. The number of halogens is 3. The summed E-state index contributed by atoms with van der Waals surface area (Å²) < 4.78 is 6.85. The highest BCUT2D eigenvalue weighted by molar-refractivity contribution is 14.1. The zero-order chi connectivity index (χ0) is 19.9. The van der Waals surface area contributed by atoms with Crippen molar-refractivity contribution in [3.8, 4) is 5.75 Å². The molecule has 0 aromatic heterocycles. The van der Waals surface area contributed by atoms with E-state index in [0.29, 0.717) is 28.0 Å². The molecule has 0 atom stereocenters. The number of carbonyl (C=O) groups is 1. The van der Waals surface area contributed by atoms with Gasteiger partial charge < -0.3 is 4.74 Å². The monoisotopic (exact) mass is 524 g/mol. The first-order chi connectivity index (χ1) is 13.5. The highest BCUT2D eigenvalue weighted by atomic mass is 127. The van der Waals surface area contributed by atoms with E-state index >= 15 is 0 Å². The van der Waals surface area contributed by atoms with Crippen molar-refractivity contribution in [3.63, 3.8) is 0 Å². The number of hydrogen-bond donors (Lipinski definition) is 1. The first kappa shape index (κ1) is 20.6. The molecule has 0 radical (unpaired) electrons. The average molecular weight is 525 g/mol. The Kier molecular flexibility index (Phi) is 7.30. The van der Waals surface area contributed by atoms with Gasteiger partial charge >= 0.3 is 0 Å². The number of hydrazone groups is 1. The van der Waals surface area contributed by atoms with Crippen molar-refractivity contribution in [2.75, 3.05) is 0 Å². The molecule has 0 aliphatic heterocycles. The van der Waals surface area contributed by atoms with Crippen LogP contribution >= 0.6 is 45.8 Å². The molecule has 0 bridgehead atoms. The molecule has 28 heavy (non-hydrogen) atoms. The second kappa shape index (κ2) is 9.91. The molecular formula is C21H15Cl2IN2O2. The van der Waals surface area contributed by atoms with Gasteiger partial charge in [-0.3, -0.25) is 4.79 Å². The minimum absolute atomic E-state index is 0.266. The zero-order valence-electron chi connectivity index (χ0n) is 14.5. The van der Waals surface area contributed by atoms with Crippen molar-refractivity contribution in [1.29, 1.82) is 0 Å². The summed E-state index contributed by atoms with van der Waals surface area (Å²) >= 11 is 14.2. The van der Waals surface area contributed by atoms with Crippen LogP contribution in [0.1, 0.15) is 21.5 Å². The molecule has 0 aliphatic carbocycles. The molecule has 3 aromatic carbocycles. The molecule has 0 unspecified atom stereocenters. The molecule has 0 heterocycles. The molecule has 142 valence electrons. The Balaban J connectivity index is 1.58. The number of carbonyl (C=O) groups excluding carboxylic acids is 1. The highest BCUT2D eigenvalue weighted by Gasteiger charge is 2.04. The molecule has 0 spiro atoms. The van der Waals surface area contributed by atoms with Gasteiger partial charge in [0.2, 0.25) is 0 Å². The van der Waals surface area contributed by atoms with Crippen LogP contribution in [0.25, 0.3) is 0 Å². The molecule has 4 nitrogen and oxygen atoms in total. The van der Waals surface area contributed by atoms with E-state index in [9.17, 15) is 4.79 Å². The summed E-state index contributed by atoms with van der Waals surface area (Å²) in [6, 6.07) is 19.9. The van der Waals surface area contributed by atoms with Crippen molar-refractivity contribution in [2.45, 2.75) is 6.61 Å². The van der Waals surface area contributed by atoms with Crippen LogP contribution < -0.4 is 10.2 Å². The molecular weight excluding hydrogens is 510 g/mol. The number of amides is 1. The Morgan fingerprint density at radius 2 is 1.86 bits per heavy atom. The molecule has 0 saturated heterocycles. The third-order valence-corrected chi connectivity index (χ3v) is 5.06. The van der Waals surface area contributed by atoms with Gasteiger partial charge in [-0.05, 0) is 76.7 Å². The van der Waals surface area contributed by atoms with Crippen LogP contribution in [-0.4, -0.2) is 12.1 Å². The average Bonchev–Trinajstić information content (AvgIpc) is 2.68. The first-order valence-corrected chi connectivity index (χ1v) is 10.1. The summed E-state index contributed by atoms with van der Waals surface area (Å²) in [7, 11) is 0. The van der Waals surface area contributed by atoms with Crippen LogP contribution in [0.3, 0.4) is 0 Å². The van der Waals surface area contributed by atoms with E-state index in [1.54, 1.807) is 30.5 Å². The van der Waals surface area contributed by atoms with E-state index in [1.165, 1.54) is 0 Å². The largest absolute Gasteiger partial charge is 0.489 e. The number of nitrogens with zero attached hydrogens (tertiary/aromatic N) is 1. The Hall–Kier alpha value is -2.09. The molecule has 0 saturated carbocycles. The minimum Gasteiger partial charge on any atom is -0.489 e. The van der Waals surface area contributed by atoms with Crippen LogP contribution in [0, 0.1) is 3.57 Å². The first-order valence-electron chi connectivity index (χ1n) is 8.27. The fourth-order valence-corrected chi connectivity index (χ4v) is 3.14. The quantitative estimate of drug-likeness (QED) is 0.246. The number of rotatable bonds is 6. The molecule has 1 N–H and O–H groups in total. The van der Waals surface area contributed by atoms with Crippen molar-refractivity contribution >= 4 is 57.9 Å². The molecule has 0 fully saturated rings. The predicted octanol–water partition coefficient (Wildman–Crippen LogP) is 5.94. The third kappa shape index (κ3) is 5.95. The van der Waals surface area contributed by atoms with E-state index in [2.05, 4.69) is 33.1 Å². The Morgan fingerprint density at radius 3 is 2.61 bits per heavy atom. The van der Waals surface area contributed by atoms with Gasteiger partial charge in [0.1, 0.15) is 12.4 Å². The van der Waals surface area contributed by atoms with Gasteiger partial charge in [0.05, 0.1) is 6.21 Å². The lowest BCUT2D eigenvalue weighted by Gasteiger charge is -2.08. The van der Waals surface area contributed by atoms with Gasteiger partial charge in [-0.2, -0.15) is 5.10 Å². The van der Waals surface area contributed by atoms with Gasteiger partial charge in [0.15, 0.2) is 0 Å². The highest BCUT2D eigenvalue weighted by Crippen LogP contribution is 2.23. The lowest BCUT2D eigenvalue weighted by Crippen LogP contribution is -2.17. The molecule has 7 heteroatoms. The van der Waals surface area contributed by atoms with E-state index in [4.69, 9.17) is 27.9 Å². The summed E-state index contributed by atoms with van der Waals surface area (Å²) in [4.78, 5) is 12.1. The summed E-state index contributed by atoms with van der Waals surface area (Å²) in [5.74, 6) is 0.399. The van der Waals surface area contributed by atoms with Crippen LogP contribution in [0.4, 0.5) is 0 Å². The number of ether oxygens (including phenoxy) is 1. The third-order valence-electron chi connectivity index (χ3n) is 3.75. The summed E-state index contributed by atoms with van der Waals surface area (Å²) in [6.07, 6.45) is 1.56. The summed E-state index contributed by atoms with van der Waals surface area (Å²) in [5, 5.41) is 5.15. The predicted molar refractivity (Wildman–Crippen MR) is 121 cm³/mol. The molecule has 3 rings (SSSR count). The Bertz CT molecular complexity index is 1010. The second-order valence-electron chi connectivity index (χ2n) is 5.80. The zero-order valence-corrected chi connectivity index (χ0v) is 18.2.